The van der Waals surface area contributed by atoms with E-state index in [-0.39, 0.29) is 18.5 Å². The van der Waals surface area contributed by atoms with E-state index in [0.717, 1.165) is 16.3 Å². The Morgan fingerprint density at radius 3 is 2.91 bits per heavy atom. The number of nitrogens with zero attached hydrogens (tertiary/aromatic N) is 2. The number of H-pyrrole nitrogens is 1. The van der Waals surface area contributed by atoms with E-state index in [1.807, 2.05) is 24.3 Å². The molecule has 1 N–H and O–H groups in total. The molecule has 0 spiro atoms. The topological polar surface area (TPSA) is 50.7 Å². The fourth-order valence-corrected chi connectivity index (χ4v) is 3.34. The van der Waals surface area contributed by atoms with E-state index < -0.39 is 11.8 Å². The maximum atomic E-state index is 13.8. The lowest BCUT2D eigenvalue weighted by Gasteiger charge is -2.19. The van der Waals surface area contributed by atoms with Gasteiger partial charge in [-0.1, -0.05) is 18.2 Å². The molecular formula is C16H15F2N3O. The molecule has 22 heavy (non-hydrogen) atoms. The summed E-state index contributed by atoms with van der Waals surface area (Å²) in [7, 11) is 0. The molecule has 1 unspecified atom stereocenters. The highest BCUT2D eigenvalue weighted by Gasteiger charge is 2.44. The van der Waals surface area contributed by atoms with Gasteiger partial charge in [0.05, 0.1) is 12.7 Å². The zero-order valence-corrected chi connectivity index (χ0v) is 11.9. The summed E-state index contributed by atoms with van der Waals surface area (Å²) < 4.78 is 28.7. The molecule has 1 aliphatic rings. The number of aromatic amines is 1. The van der Waals surface area contributed by atoms with Gasteiger partial charge < -0.3 is 4.98 Å². The number of nitrogens with one attached hydrogen (secondary N) is 1. The normalized spacial score (nSPS) is 20.9. The molecule has 1 atom stereocenters. The summed E-state index contributed by atoms with van der Waals surface area (Å²) in [4.78, 5) is 15.6. The van der Waals surface area contributed by atoms with Crippen LogP contribution in [0, 0.1) is 5.92 Å². The zero-order valence-electron chi connectivity index (χ0n) is 11.9. The number of para-hydroxylation sites is 1. The Morgan fingerprint density at radius 1 is 1.32 bits per heavy atom. The SMILES string of the molecule is O=c1c2[nH]c3ccccc3c2cnn1CC1CCCC1(F)F. The number of aromatic nitrogens is 3. The molecule has 1 aliphatic carbocycles. The molecule has 0 saturated heterocycles. The van der Waals surface area contributed by atoms with Crippen molar-refractivity contribution in [1.82, 2.24) is 14.8 Å². The monoisotopic (exact) mass is 303 g/mol. The minimum Gasteiger partial charge on any atom is -0.350 e. The highest BCUT2D eigenvalue weighted by atomic mass is 19.3. The molecule has 1 aromatic carbocycles. The summed E-state index contributed by atoms with van der Waals surface area (Å²) in [6.07, 6.45) is 2.43. The summed E-state index contributed by atoms with van der Waals surface area (Å²) in [6.45, 7) is -0.0306. The molecule has 0 amide bonds. The van der Waals surface area contributed by atoms with Crippen LogP contribution in [0.1, 0.15) is 19.3 Å². The summed E-state index contributed by atoms with van der Waals surface area (Å²) >= 11 is 0. The highest BCUT2D eigenvalue weighted by Crippen LogP contribution is 2.40. The third-order valence-corrected chi connectivity index (χ3v) is 4.57. The van der Waals surface area contributed by atoms with Crippen molar-refractivity contribution in [1.29, 1.82) is 0 Å². The average molecular weight is 303 g/mol. The van der Waals surface area contributed by atoms with E-state index in [9.17, 15) is 13.6 Å². The Hall–Kier alpha value is -2.24. The van der Waals surface area contributed by atoms with Gasteiger partial charge in [0, 0.05) is 28.6 Å². The molecule has 4 rings (SSSR count). The molecule has 1 fully saturated rings. The van der Waals surface area contributed by atoms with E-state index in [1.54, 1.807) is 6.20 Å². The van der Waals surface area contributed by atoms with Gasteiger partial charge in [-0.05, 0) is 18.9 Å². The van der Waals surface area contributed by atoms with E-state index in [4.69, 9.17) is 0 Å². The Bertz CT molecular complexity index is 913. The second-order valence-corrected chi connectivity index (χ2v) is 5.94. The highest BCUT2D eigenvalue weighted by molar-refractivity contribution is 6.06. The zero-order chi connectivity index (χ0) is 15.3. The molecule has 2 heterocycles. The Balaban J connectivity index is 1.81. The van der Waals surface area contributed by atoms with Crippen LogP contribution in [0.5, 0.6) is 0 Å². The Kier molecular flexibility index (Phi) is 2.82. The molecule has 6 heteroatoms. The van der Waals surface area contributed by atoms with Crippen LogP contribution < -0.4 is 5.56 Å². The van der Waals surface area contributed by atoms with E-state index >= 15 is 0 Å². The fraction of sp³-hybridized carbons (Fsp3) is 0.375. The van der Waals surface area contributed by atoms with Gasteiger partial charge in [0.25, 0.3) is 11.5 Å². The lowest BCUT2D eigenvalue weighted by Crippen LogP contribution is -2.32. The summed E-state index contributed by atoms with van der Waals surface area (Å²) in [5, 5.41) is 5.76. The summed E-state index contributed by atoms with van der Waals surface area (Å²) in [5.74, 6) is -3.50. The first-order valence-corrected chi connectivity index (χ1v) is 7.40. The molecule has 2 aromatic heterocycles. The van der Waals surface area contributed by atoms with Gasteiger partial charge in [-0.25, -0.2) is 13.5 Å². The van der Waals surface area contributed by atoms with Crippen LogP contribution in [0.3, 0.4) is 0 Å². The van der Waals surface area contributed by atoms with Crippen molar-refractivity contribution < 1.29 is 8.78 Å². The lowest BCUT2D eigenvalue weighted by atomic mass is 10.1. The maximum absolute atomic E-state index is 13.8. The van der Waals surface area contributed by atoms with Gasteiger partial charge in [-0.15, -0.1) is 0 Å². The first kappa shape index (κ1) is 13.4. The van der Waals surface area contributed by atoms with Crippen molar-refractivity contribution >= 4 is 21.8 Å². The van der Waals surface area contributed by atoms with Crippen LogP contribution in [0.2, 0.25) is 0 Å². The Labute approximate surface area is 124 Å². The van der Waals surface area contributed by atoms with Gasteiger partial charge in [-0.3, -0.25) is 4.79 Å². The molecular weight excluding hydrogens is 288 g/mol. The van der Waals surface area contributed by atoms with Crippen molar-refractivity contribution in [2.45, 2.75) is 31.7 Å². The minimum absolute atomic E-state index is 0.0306. The van der Waals surface area contributed by atoms with Gasteiger partial charge in [0.1, 0.15) is 5.52 Å². The minimum atomic E-state index is -2.70. The number of hydrogen-bond acceptors (Lipinski definition) is 2. The average Bonchev–Trinajstić information content (AvgIpc) is 3.03. The third kappa shape index (κ3) is 1.94. The van der Waals surface area contributed by atoms with Crippen molar-refractivity contribution in [2.24, 2.45) is 5.92 Å². The molecule has 4 nitrogen and oxygen atoms in total. The van der Waals surface area contributed by atoms with Gasteiger partial charge >= 0.3 is 0 Å². The van der Waals surface area contributed by atoms with Crippen molar-refractivity contribution in [3.8, 4) is 0 Å². The Morgan fingerprint density at radius 2 is 2.14 bits per heavy atom. The van der Waals surface area contributed by atoms with E-state index in [2.05, 4.69) is 10.1 Å². The van der Waals surface area contributed by atoms with Crippen LogP contribution in [0.4, 0.5) is 8.78 Å². The van der Waals surface area contributed by atoms with Crippen LogP contribution in [-0.4, -0.2) is 20.7 Å². The fourth-order valence-electron chi connectivity index (χ4n) is 3.34. The van der Waals surface area contributed by atoms with Crippen LogP contribution in [0.15, 0.2) is 35.3 Å². The smallest absolute Gasteiger partial charge is 0.291 e. The number of rotatable bonds is 2. The molecule has 0 bridgehead atoms. The quantitative estimate of drug-likeness (QED) is 0.789. The molecule has 1 saturated carbocycles. The van der Waals surface area contributed by atoms with Gasteiger partial charge in [0.2, 0.25) is 0 Å². The largest absolute Gasteiger partial charge is 0.350 e. The van der Waals surface area contributed by atoms with Crippen LogP contribution in [0.25, 0.3) is 21.8 Å². The molecule has 0 radical (unpaired) electrons. The number of benzene rings is 1. The predicted octanol–water partition coefficient (Wildman–Crippen LogP) is 3.31. The molecule has 114 valence electrons. The second-order valence-electron chi connectivity index (χ2n) is 5.94. The van der Waals surface area contributed by atoms with Crippen molar-refractivity contribution in [3.05, 3.63) is 40.8 Å². The maximum Gasteiger partial charge on any atom is 0.291 e. The number of halogens is 2. The predicted molar refractivity (Wildman–Crippen MR) is 80.1 cm³/mol. The second kappa shape index (κ2) is 4.63. The van der Waals surface area contributed by atoms with Gasteiger partial charge in [0.15, 0.2) is 0 Å². The third-order valence-electron chi connectivity index (χ3n) is 4.57. The standard InChI is InChI=1S/C16H15F2N3O/c17-16(18)7-3-4-10(16)9-21-15(22)14-12(8-19-21)11-5-1-2-6-13(11)20-14/h1-2,5-6,8,10,20H,3-4,7,9H2. The number of alkyl halides is 2. The number of fused-ring (bicyclic) bond motifs is 3. The van der Waals surface area contributed by atoms with Crippen LogP contribution in [-0.2, 0) is 6.54 Å². The summed E-state index contributed by atoms with van der Waals surface area (Å²) in [6, 6.07) is 7.55. The number of hydrogen-bond donors (Lipinski definition) is 1. The molecule has 3 aromatic rings. The first-order valence-electron chi connectivity index (χ1n) is 7.40. The van der Waals surface area contributed by atoms with Crippen LogP contribution >= 0.6 is 0 Å². The lowest BCUT2D eigenvalue weighted by molar-refractivity contribution is -0.0436. The first-order chi connectivity index (χ1) is 10.6. The van der Waals surface area contributed by atoms with E-state index in [0.29, 0.717) is 18.4 Å². The van der Waals surface area contributed by atoms with Crippen molar-refractivity contribution in [3.63, 3.8) is 0 Å². The van der Waals surface area contributed by atoms with Gasteiger partial charge in [-0.2, -0.15) is 5.10 Å². The molecule has 0 aliphatic heterocycles. The summed E-state index contributed by atoms with van der Waals surface area (Å²) in [5.41, 5.74) is 0.939. The van der Waals surface area contributed by atoms with E-state index in [1.165, 1.54) is 4.68 Å². The van der Waals surface area contributed by atoms with Crippen molar-refractivity contribution in [2.75, 3.05) is 0 Å².